The van der Waals surface area contributed by atoms with Gasteiger partial charge in [-0.15, -0.1) is 0 Å². The Hall–Kier alpha value is -0.560. The summed E-state index contributed by atoms with van der Waals surface area (Å²) in [6.07, 6.45) is 4.47. The van der Waals surface area contributed by atoms with Crippen LogP contribution in [0.5, 0.6) is 0 Å². The van der Waals surface area contributed by atoms with Crippen LogP contribution in [0.3, 0.4) is 0 Å². The van der Waals surface area contributed by atoms with Crippen LogP contribution in [-0.4, -0.2) is 4.98 Å². The second kappa shape index (κ2) is 3.23. The fourth-order valence-electron chi connectivity index (χ4n) is 1.52. The summed E-state index contributed by atoms with van der Waals surface area (Å²) >= 11 is 6.21. The van der Waals surface area contributed by atoms with E-state index in [2.05, 4.69) is 31.8 Å². The van der Waals surface area contributed by atoms with Gasteiger partial charge in [0.05, 0.1) is 10.7 Å². The first-order chi connectivity index (χ1) is 6.48. The molecule has 2 heteroatoms. The molecular formula is C12H16ClN. The first kappa shape index (κ1) is 9.97. The van der Waals surface area contributed by atoms with E-state index in [0.717, 1.165) is 10.7 Å². The predicted octanol–water partition coefficient (Wildman–Crippen LogP) is 3.91. The molecule has 0 atom stereocenters. The number of halogens is 1. The summed E-state index contributed by atoms with van der Waals surface area (Å²) in [6, 6.07) is 2.07. The molecule has 1 fully saturated rings. The van der Waals surface area contributed by atoms with Crippen LogP contribution in [-0.2, 0) is 5.41 Å². The highest BCUT2D eigenvalue weighted by Crippen LogP contribution is 2.42. The normalized spacial score (nSPS) is 17.1. The van der Waals surface area contributed by atoms with Crippen molar-refractivity contribution >= 4 is 11.6 Å². The Morgan fingerprint density at radius 3 is 2.43 bits per heavy atom. The largest absolute Gasteiger partial charge is 0.259 e. The maximum Gasteiger partial charge on any atom is 0.0627 e. The monoisotopic (exact) mass is 209 g/mol. The fraction of sp³-hybridized carbons (Fsp3) is 0.583. The molecule has 2 rings (SSSR count). The van der Waals surface area contributed by atoms with Gasteiger partial charge in [0.1, 0.15) is 0 Å². The average molecular weight is 210 g/mol. The molecule has 1 aliphatic carbocycles. The third-order valence-electron chi connectivity index (χ3n) is 2.70. The minimum absolute atomic E-state index is 0.138. The molecule has 0 radical (unpaired) electrons. The Bertz CT molecular complexity index is 348. The lowest BCUT2D eigenvalue weighted by atomic mass is 9.88. The topological polar surface area (TPSA) is 12.9 Å². The first-order valence-electron chi connectivity index (χ1n) is 5.14. The SMILES string of the molecule is CC(C)(C)c1cnc(C2CC2)c(Cl)c1. The molecule has 1 saturated carbocycles. The molecule has 1 heterocycles. The molecule has 0 saturated heterocycles. The van der Waals surface area contributed by atoms with Crippen molar-refractivity contribution in [2.75, 3.05) is 0 Å². The molecule has 0 amide bonds. The van der Waals surface area contributed by atoms with Gasteiger partial charge in [0, 0.05) is 12.1 Å². The minimum atomic E-state index is 0.138. The number of pyridine rings is 1. The average Bonchev–Trinajstić information content (AvgIpc) is 2.85. The van der Waals surface area contributed by atoms with Gasteiger partial charge in [0.25, 0.3) is 0 Å². The molecule has 0 unspecified atom stereocenters. The second-order valence-electron chi connectivity index (χ2n) is 5.12. The lowest BCUT2D eigenvalue weighted by molar-refractivity contribution is 0.586. The molecule has 0 aliphatic heterocycles. The molecule has 1 aliphatic rings. The molecule has 0 aromatic carbocycles. The summed E-state index contributed by atoms with van der Waals surface area (Å²) in [5.74, 6) is 0.636. The Morgan fingerprint density at radius 1 is 1.36 bits per heavy atom. The quantitative estimate of drug-likeness (QED) is 0.684. The van der Waals surface area contributed by atoms with E-state index in [4.69, 9.17) is 11.6 Å². The van der Waals surface area contributed by atoms with E-state index in [0.29, 0.717) is 5.92 Å². The van der Waals surface area contributed by atoms with Crippen molar-refractivity contribution in [3.8, 4) is 0 Å². The fourth-order valence-corrected chi connectivity index (χ4v) is 1.84. The highest BCUT2D eigenvalue weighted by molar-refractivity contribution is 6.31. The lowest BCUT2D eigenvalue weighted by Gasteiger charge is -2.19. The summed E-state index contributed by atoms with van der Waals surface area (Å²) < 4.78 is 0. The van der Waals surface area contributed by atoms with Gasteiger partial charge in [-0.2, -0.15) is 0 Å². The van der Waals surface area contributed by atoms with Crippen LogP contribution >= 0.6 is 11.6 Å². The van der Waals surface area contributed by atoms with Crippen molar-refractivity contribution in [3.05, 3.63) is 28.5 Å². The Labute approximate surface area is 90.5 Å². The molecule has 1 aromatic heterocycles. The minimum Gasteiger partial charge on any atom is -0.259 e. The van der Waals surface area contributed by atoms with E-state index in [1.807, 2.05) is 6.20 Å². The van der Waals surface area contributed by atoms with Gasteiger partial charge in [-0.1, -0.05) is 32.4 Å². The van der Waals surface area contributed by atoms with Crippen LogP contribution in [0.2, 0.25) is 5.02 Å². The number of hydrogen-bond acceptors (Lipinski definition) is 1. The van der Waals surface area contributed by atoms with Gasteiger partial charge in [0.2, 0.25) is 0 Å². The lowest BCUT2D eigenvalue weighted by Crippen LogP contribution is -2.11. The van der Waals surface area contributed by atoms with Gasteiger partial charge < -0.3 is 0 Å². The van der Waals surface area contributed by atoms with Gasteiger partial charge in [-0.05, 0) is 29.9 Å². The highest BCUT2D eigenvalue weighted by Gasteiger charge is 2.28. The zero-order valence-electron chi connectivity index (χ0n) is 8.97. The van der Waals surface area contributed by atoms with Crippen molar-refractivity contribution in [3.63, 3.8) is 0 Å². The molecule has 14 heavy (non-hydrogen) atoms. The Balaban J connectivity index is 2.35. The predicted molar refractivity (Wildman–Crippen MR) is 59.9 cm³/mol. The third kappa shape index (κ3) is 1.93. The van der Waals surface area contributed by atoms with E-state index >= 15 is 0 Å². The van der Waals surface area contributed by atoms with Gasteiger partial charge in [0.15, 0.2) is 0 Å². The standard InChI is InChI=1S/C12H16ClN/c1-12(2,3)9-6-10(13)11(14-7-9)8-4-5-8/h6-8H,4-5H2,1-3H3. The smallest absolute Gasteiger partial charge is 0.0627 e. The van der Waals surface area contributed by atoms with Crippen molar-refractivity contribution < 1.29 is 0 Å². The van der Waals surface area contributed by atoms with Gasteiger partial charge in [-0.3, -0.25) is 4.98 Å². The Kier molecular flexibility index (Phi) is 2.30. The highest BCUT2D eigenvalue weighted by atomic mass is 35.5. The van der Waals surface area contributed by atoms with Crippen molar-refractivity contribution in [2.45, 2.75) is 44.9 Å². The number of rotatable bonds is 1. The van der Waals surface area contributed by atoms with Crippen LogP contribution in [0, 0.1) is 0 Å². The molecule has 76 valence electrons. The van der Waals surface area contributed by atoms with Gasteiger partial charge >= 0.3 is 0 Å². The van der Waals surface area contributed by atoms with Crippen LogP contribution in [0.1, 0.15) is 50.8 Å². The van der Waals surface area contributed by atoms with E-state index in [1.54, 1.807) is 0 Å². The molecule has 0 spiro atoms. The molecule has 1 aromatic rings. The number of nitrogens with zero attached hydrogens (tertiary/aromatic N) is 1. The first-order valence-corrected chi connectivity index (χ1v) is 5.52. The zero-order valence-corrected chi connectivity index (χ0v) is 9.73. The summed E-state index contributed by atoms with van der Waals surface area (Å²) in [6.45, 7) is 6.53. The zero-order chi connectivity index (χ0) is 10.3. The molecule has 1 nitrogen and oxygen atoms in total. The summed E-state index contributed by atoms with van der Waals surface area (Å²) in [5.41, 5.74) is 2.45. The molecular weight excluding hydrogens is 194 g/mol. The van der Waals surface area contributed by atoms with Crippen molar-refractivity contribution in [2.24, 2.45) is 0 Å². The van der Waals surface area contributed by atoms with Crippen LogP contribution in [0.15, 0.2) is 12.3 Å². The van der Waals surface area contributed by atoms with E-state index < -0.39 is 0 Å². The van der Waals surface area contributed by atoms with E-state index in [9.17, 15) is 0 Å². The van der Waals surface area contributed by atoms with Crippen molar-refractivity contribution in [1.29, 1.82) is 0 Å². The van der Waals surface area contributed by atoms with Crippen LogP contribution < -0.4 is 0 Å². The summed E-state index contributed by atoms with van der Waals surface area (Å²) in [5, 5.41) is 0.847. The molecule has 0 bridgehead atoms. The number of aromatic nitrogens is 1. The number of hydrogen-bond donors (Lipinski definition) is 0. The molecule has 0 N–H and O–H groups in total. The Morgan fingerprint density at radius 2 is 2.00 bits per heavy atom. The third-order valence-corrected chi connectivity index (χ3v) is 3.00. The maximum atomic E-state index is 6.21. The maximum absolute atomic E-state index is 6.21. The second-order valence-corrected chi connectivity index (χ2v) is 5.52. The van der Waals surface area contributed by atoms with E-state index in [-0.39, 0.29) is 5.41 Å². The van der Waals surface area contributed by atoms with Crippen molar-refractivity contribution in [1.82, 2.24) is 4.98 Å². The van der Waals surface area contributed by atoms with E-state index in [1.165, 1.54) is 18.4 Å². The summed E-state index contributed by atoms with van der Waals surface area (Å²) in [7, 11) is 0. The van der Waals surface area contributed by atoms with Gasteiger partial charge in [-0.25, -0.2) is 0 Å². The summed E-state index contributed by atoms with van der Waals surface area (Å²) in [4.78, 5) is 4.47. The van der Waals surface area contributed by atoms with Crippen LogP contribution in [0.4, 0.5) is 0 Å². The van der Waals surface area contributed by atoms with Crippen LogP contribution in [0.25, 0.3) is 0 Å².